The smallest absolute Gasteiger partial charge is 0.354 e. The van der Waals surface area contributed by atoms with Gasteiger partial charge < -0.3 is 9.64 Å². The van der Waals surface area contributed by atoms with E-state index in [1.54, 1.807) is 35.2 Å². The second kappa shape index (κ2) is 7.92. The molecular weight excluding hydrogens is 474 g/mol. The number of hydrogen-bond acceptors (Lipinski definition) is 6. The molecule has 1 atom stereocenters. The minimum absolute atomic E-state index is 0.0576. The number of hydrogen-bond donors (Lipinski definition) is 0. The number of aromatic nitrogens is 1. The Bertz CT molecular complexity index is 1340. The number of benzene rings is 2. The monoisotopic (exact) mass is 493 g/mol. The number of thiazole rings is 1. The van der Waals surface area contributed by atoms with Crippen LogP contribution in [0.2, 0.25) is 5.02 Å². The Morgan fingerprint density at radius 2 is 1.85 bits per heavy atom. The van der Waals surface area contributed by atoms with Crippen molar-refractivity contribution in [2.45, 2.75) is 44.0 Å². The van der Waals surface area contributed by atoms with Crippen molar-refractivity contribution in [1.29, 1.82) is 0 Å². The topological polar surface area (TPSA) is 79.8 Å². The summed E-state index contributed by atoms with van der Waals surface area (Å²) in [6, 6.07) is 14.3. The molecule has 7 nitrogen and oxygen atoms in total. The minimum Gasteiger partial charge on any atom is -0.456 e. The summed E-state index contributed by atoms with van der Waals surface area (Å²) in [5.41, 5.74) is 0.856. The summed E-state index contributed by atoms with van der Waals surface area (Å²) in [5.74, 6) is -1.01. The van der Waals surface area contributed by atoms with Crippen molar-refractivity contribution in [2.24, 2.45) is 0 Å². The molecule has 0 bridgehead atoms. The van der Waals surface area contributed by atoms with Gasteiger partial charge in [-0.25, -0.2) is 9.78 Å². The molecule has 3 aliphatic rings. The zero-order valence-electron chi connectivity index (χ0n) is 18.1. The van der Waals surface area contributed by atoms with Crippen LogP contribution in [0.1, 0.15) is 41.7 Å². The van der Waals surface area contributed by atoms with E-state index in [-0.39, 0.29) is 37.3 Å². The third-order valence-corrected chi connectivity index (χ3v) is 7.80. The Kier molecular flexibility index (Phi) is 4.97. The number of carbonyl (C=O) groups is 3. The number of para-hydroxylation sites is 1. The van der Waals surface area contributed by atoms with Gasteiger partial charge in [0, 0.05) is 29.8 Å². The van der Waals surface area contributed by atoms with Crippen molar-refractivity contribution >= 4 is 46.4 Å². The molecule has 172 valence electrons. The van der Waals surface area contributed by atoms with Crippen molar-refractivity contribution in [3.63, 3.8) is 0 Å². The molecule has 2 amide bonds. The van der Waals surface area contributed by atoms with Crippen LogP contribution in [0.3, 0.4) is 0 Å². The van der Waals surface area contributed by atoms with Gasteiger partial charge in [0.2, 0.25) is 11.6 Å². The van der Waals surface area contributed by atoms with Crippen molar-refractivity contribution < 1.29 is 19.1 Å². The number of amides is 2. The van der Waals surface area contributed by atoms with Gasteiger partial charge in [-0.3, -0.25) is 14.5 Å². The SMILES string of the molecule is O=C1CC[C@]2(C(=O)OCc3csc(-c4ccccc4Cl)n3)N1c1ccccc1C(=O)N2C1CC1. The molecule has 2 aromatic carbocycles. The quantitative estimate of drug-likeness (QED) is 0.483. The number of rotatable bonds is 5. The van der Waals surface area contributed by atoms with Gasteiger partial charge in [-0.2, -0.15) is 0 Å². The van der Waals surface area contributed by atoms with Crippen LogP contribution < -0.4 is 4.90 Å². The third kappa shape index (κ3) is 3.16. The van der Waals surface area contributed by atoms with Gasteiger partial charge in [0.05, 0.1) is 22.0 Å². The minimum atomic E-state index is -1.45. The standard InChI is InChI=1S/C25H20ClN3O4S/c26-19-7-3-1-5-17(19)22-27-15(14-34-22)13-33-24(32)25-12-11-21(30)29(25)20-8-4-2-6-18(20)23(31)28(25)16-9-10-16/h1-8,14,16H,9-13H2/t25-/m1/s1. The average molecular weight is 494 g/mol. The summed E-state index contributed by atoms with van der Waals surface area (Å²) >= 11 is 7.70. The molecule has 1 aliphatic carbocycles. The molecule has 2 aliphatic heterocycles. The molecule has 0 unspecified atom stereocenters. The molecule has 0 spiro atoms. The van der Waals surface area contributed by atoms with Gasteiger partial charge in [0.15, 0.2) is 0 Å². The Hall–Kier alpha value is -3.23. The predicted octanol–water partition coefficient (Wildman–Crippen LogP) is 4.65. The average Bonchev–Trinajstić information content (AvgIpc) is 3.45. The molecule has 0 N–H and O–H groups in total. The third-order valence-electron chi connectivity index (χ3n) is 6.55. The summed E-state index contributed by atoms with van der Waals surface area (Å²) < 4.78 is 5.76. The van der Waals surface area contributed by atoms with E-state index in [1.165, 1.54) is 16.2 Å². The molecule has 1 saturated carbocycles. The fourth-order valence-electron chi connectivity index (χ4n) is 4.90. The van der Waals surface area contributed by atoms with Crippen LogP contribution in [-0.4, -0.2) is 39.4 Å². The number of carbonyl (C=O) groups excluding carboxylic acids is 3. The van der Waals surface area contributed by atoms with E-state index >= 15 is 0 Å². The van der Waals surface area contributed by atoms with Crippen LogP contribution in [-0.2, 0) is 20.9 Å². The number of nitrogens with zero attached hydrogens (tertiary/aromatic N) is 3. The van der Waals surface area contributed by atoms with Crippen LogP contribution in [0.4, 0.5) is 5.69 Å². The van der Waals surface area contributed by atoms with Gasteiger partial charge >= 0.3 is 5.97 Å². The van der Waals surface area contributed by atoms with E-state index in [1.807, 2.05) is 23.6 Å². The number of anilines is 1. The summed E-state index contributed by atoms with van der Waals surface area (Å²) in [6.45, 7) is -0.0576. The molecule has 34 heavy (non-hydrogen) atoms. The van der Waals surface area contributed by atoms with E-state index in [9.17, 15) is 14.4 Å². The van der Waals surface area contributed by atoms with Crippen LogP contribution in [0, 0.1) is 0 Å². The number of ether oxygens (including phenoxy) is 1. The molecule has 3 heterocycles. The first-order valence-corrected chi connectivity index (χ1v) is 12.4. The Morgan fingerprint density at radius 3 is 2.62 bits per heavy atom. The lowest BCUT2D eigenvalue weighted by Crippen LogP contribution is -2.69. The molecule has 1 aromatic heterocycles. The number of halogens is 1. The molecule has 3 aromatic rings. The van der Waals surface area contributed by atoms with E-state index in [2.05, 4.69) is 4.98 Å². The first-order chi connectivity index (χ1) is 16.5. The number of esters is 1. The fourth-order valence-corrected chi connectivity index (χ4v) is 6.02. The highest BCUT2D eigenvalue weighted by Gasteiger charge is 2.64. The lowest BCUT2D eigenvalue weighted by molar-refractivity contribution is -0.159. The van der Waals surface area contributed by atoms with Crippen molar-refractivity contribution in [2.75, 3.05) is 4.90 Å². The van der Waals surface area contributed by atoms with Crippen LogP contribution >= 0.6 is 22.9 Å². The Balaban J connectivity index is 1.31. The van der Waals surface area contributed by atoms with Gasteiger partial charge in [-0.05, 0) is 31.0 Å². The zero-order valence-corrected chi connectivity index (χ0v) is 19.6. The van der Waals surface area contributed by atoms with Crippen LogP contribution in [0.25, 0.3) is 10.6 Å². The normalized spacial score (nSPS) is 21.4. The maximum atomic E-state index is 13.7. The lowest BCUT2D eigenvalue weighted by Gasteiger charge is -2.48. The van der Waals surface area contributed by atoms with Crippen LogP contribution in [0.5, 0.6) is 0 Å². The predicted molar refractivity (Wildman–Crippen MR) is 127 cm³/mol. The van der Waals surface area contributed by atoms with Gasteiger partial charge in [-0.15, -0.1) is 11.3 Å². The molecule has 1 saturated heterocycles. The van der Waals surface area contributed by atoms with Gasteiger partial charge in [-0.1, -0.05) is 41.9 Å². The molecule has 0 radical (unpaired) electrons. The van der Waals surface area contributed by atoms with E-state index < -0.39 is 11.6 Å². The second-order valence-corrected chi connectivity index (χ2v) is 9.93. The fraction of sp³-hybridized carbons (Fsp3) is 0.280. The summed E-state index contributed by atoms with van der Waals surface area (Å²) in [4.78, 5) is 47.8. The Labute approximate surface area is 204 Å². The first-order valence-electron chi connectivity index (χ1n) is 11.1. The first kappa shape index (κ1) is 21.3. The van der Waals surface area contributed by atoms with Gasteiger partial charge in [0.1, 0.15) is 11.6 Å². The largest absolute Gasteiger partial charge is 0.456 e. The molecular formula is C25H20ClN3O4S. The van der Waals surface area contributed by atoms with E-state index in [0.717, 1.165) is 23.4 Å². The summed E-state index contributed by atoms with van der Waals surface area (Å²) in [6.07, 6.45) is 1.99. The molecule has 2 fully saturated rings. The molecule has 9 heteroatoms. The second-order valence-electron chi connectivity index (χ2n) is 8.67. The highest BCUT2D eigenvalue weighted by molar-refractivity contribution is 7.13. The molecule has 6 rings (SSSR count). The van der Waals surface area contributed by atoms with Crippen molar-refractivity contribution in [3.8, 4) is 10.6 Å². The Morgan fingerprint density at radius 1 is 1.12 bits per heavy atom. The number of fused-ring (bicyclic) bond motifs is 3. The highest BCUT2D eigenvalue weighted by atomic mass is 35.5. The van der Waals surface area contributed by atoms with E-state index in [4.69, 9.17) is 16.3 Å². The lowest BCUT2D eigenvalue weighted by atomic mass is 9.96. The zero-order chi connectivity index (χ0) is 23.4. The van der Waals surface area contributed by atoms with Crippen LogP contribution in [0.15, 0.2) is 53.9 Å². The van der Waals surface area contributed by atoms with Crippen molar-refractivity contribution in [3.05, 3.63) is 70.2 Å². The maximum Gasteiger partial charge on any atom is 0.354 e. The summed E-state index contributed by atoms with van der Waals surface area (Å²) in [7, 11) is 0. The van der Waals surface area contributed by atoms with E-state index in [0.29, 0.717) is 22.0 Å². The van der Waals surface area contributed by atoms with Crippen molar-refractivity contribution in [1.82, 2.24) is 9.88 Å². The highest BCUT2D eigenvalue weighted by Crippen LogP contribution is 2.49. The van der Waals surface area contributed by atoms with Gasteiger partial charge in [0.25, 0.3) is 5.91 Å². The maximum absolute atomic E-state index is 13.7. The summed E-state index contributed by atoms with van der Waals surface area (Å²) in [5, 5.41) is 3.15.